The van der Waals surface area contributed by atoms with E-state index in [-0.39, 0.29) is 6.03 Å². The molecule has 0 bridgehead atoms. The smallest absolute Gasteiger partial charge is 0.317 e. The third-order valence-corrected chi connectivity index (χ3v) is 5.21. The number of likely N-dealkylation sites (tertiary alicyclic amines) is 1. The number of urea groups is 1. The Morgan fingerprint density at radius 1 is 1.29 bits per heavy atom. The molecule has 1 aromatic rings. The van der Waals surface area contributed by atoms with Crippen LogP contribution in [0.2, 0.25) is 0 Å². The van der Waals surface area contributed by atoms with Crippen LogP contribution in [-0.4, -0.2) is 33.8 Å². The molecule has 2 aliphatic rings. The number of rotatable bonds is 2. The Balaban J connectivity index is 1.55. The molecular formula is C16H26N4O. The van der Waals surface area contributed by atoms with E-state index in [0.29, 0.717) is 12.0 Å². The summed E-state index contributed by atoms with van der Waals surface area (Å²) in [6, 6.07) is 2.03. The van der Waals surface area contributed by atoms with Crippen LogP contribution in [0.3, 0.4) is 0 Å². The Morgan fingerprint density at radius 2 is 2.05 bits per heavy atom. The number of amides is 2. The van der Waals surface area contributed by atoms with Crippen molar-refractivity contribution in [1.82, 2.24) is 20.0 Å². The van der Waals surface area contributed by atoms with Gasteiger partial charge in [0.05, 0.1) is 12.2 Å². The van der Waals surface area contributed by atoms with E-state index < -0.39 is 0 Å². The predicted octanol–water partition coefficient (Wildman–Crippen LogP) is 2.68. The van der Waals surface area contributed by atoms with E-state index in [4.69, 9.17) is 0 Å². The molecule has 5 nitrogen and oxygen atoms in total. The lowest BCUT2D eigenvalue weighted by Gasteiger charge is -2.45. The Kier molecular flexibility index (Phi) is 4.17. The molecule has 3 rings (SSSR count). The molecule has 5 heteroatoms. The number of carbonyl (C=O) groups is 1. The van der Waals surface area contributed by atoms with Crippen LogP contribution in [0.25, 0.3) is 0 Å². The van der Waals surface area contributed by atoms with Gasteiger partial charge in [-0.05, 0) is 37.2 Å². The third-order valence-electron chi connectivity index (χ3n) is 5.21. The number of hydrogen-bond acceptors (Lipinski definition) is 2. The third kappa shape index (κ3) is 3.22. The maximum absolute atomic E-state index is 12.4. The van der Waals surface area contributed by atoms with E-state index >= 15 is 0 Å². The molecule has 1 aliphatic heterocycles. The highest BCUT2D eigenvalue weighted by Gasteiger charge is 2.37. The molecule has 1 aliphatic carbocycles. The van der Waals surface area contributed by atoms with Crippen LogP contribution in [0.15, 0.2) is 12.3 Å². The van der Waals surface area contributed by atoms with Gasteiger partial charge in [0.25, 0.3) is 0 Å². The second kappa shape index (κ2) is 6.08. The van der Waals surface area contributed by atoms with Crippen LogP contribution < -0.4 is 5.32 Å². The van der Waals surface area contributed by atoms with Gasteiger partial charge in [-0.2, -0.15) is 5.10 Å². The van der Waals surface area contributed by atoms with Gasteiger partial charge >= 0.3 is 6.03 Å². The number of hydrogen-bond donors (Lipinski definition) is 1. The highest BCUT2D eigenvalue weighted by Crippen LogP contribution is 2.43. The Labute approximate surface area is 126 Å². The molecule has 0 aromatic carbocycles. The number of nitrogens with one attached hydrogen (secondary N) is 1. The van der Waals surface area contributed by atoms with Gasteiger partial charge in [-0.15, -0.1) is 0 Å². The van der Waals surface area contributed by atoms with Gasteiger partial charge in [-0.3, -0.25) is 4.68 Å². The number of aromatic nitrogens is 2. The molecule has 116 valence electrons. The van der Waals surface area contributed by atoms with Crippen LogP contribution in [0, 0.1) is 5.41 Å². The van der Waals surface area contributed by atoms with E-state index in [1.54, 1.807) is 10.9 Å². The Bertz CT molecular complexity index is 485. The van der Waals surface area contributed by atoms with Crippen molar-refractivity contribution in [1.29, 1.82) is 0 Å². The predicted molar refractivity (Wildman–Crippen MR) is 81.8 cm³/mol. The zero-order chi connectivity index (χ0) is 14.7. The van der Waals surface area contributed by atoms with Crippen molar-refractivity contribution >= 4 is 6.03 Å². The summed E-state index contributed by atoms with van der Waals surface area (Å²) >= 11 is 0. The lowest BCUT2D eigenvalue weighted by Crippen LogP contribution is -2.50. The van der Waals surface area contributed by atoms with E-state index in [0.717, 1.165) is 25.2 Å². The van der Waals surface area contributed by atoms with Crippen LogP contribution in [0.1, 0.15) is 50.6 Å². The van der Waals surface area contributed by atoms with Crippen LogP contribution in [0.4, 0.5) is 4.79 Å². The lowest BCUT2D eigenvalue weighted by molar-refractivity contribution is 0.0705. The van der Waals surface area contributed by atoms with Gasteiger partial charge in [0.15, 0.2) is 0 Å². The first-order valence-corrected chi connectivity index (χ1v) is 8.18. The minimum atomic E-state index is 0.0841. The number of piperidine rings is 1. The number of carbonyl (C=O) groups excluding carboxylic acids is 1. The average molecular weight is 290 g/mol. The zero-order valence-electron chi connectivity index (χ0n) is 13.0. The SMILES string of the molecule is Cn1nccc1CNC(=O)N1CCCC2(CCCCC2)C1. The first kappa shape index (κ1) is 14.4. The standard InChI is InChI=1S/C16H26N4O/c1-19-14(6-10-18-19)12-17-15(21)20-11-5-9-16(13-20)7-3-2-4-8-16/h6,10H,2-5,7-9,11-13H2,1H3,(H,17,21). The molecule has 1 saturated heterocycles. The van der Waals surface area contributed by atoms with Crippen molar-refractivity contribution in [2.45, 2.75) is 51.5 Å². The summed E-state index contributed by atoms with van der Waals surface area (Å²) in [7, 11) is 1.90. The van der Waals surface area contributed by atoms with Crippen molar-refractivity contribution in [2.75, 3.05) is 13.1 Å². The largest absolute Gasteiger partial charge is 0.332 e. The summed E-state index contributed by atoms with van der Waals surface area (Å²) in [5.41, 5.74) is 1.45. The van der Waals surface area contributed by atoms with E-state index in [9.17, 15) is 4.79 Å². The van der Waals surface area contributed by atoms with Crippen molar-refractivity contribution in [2.24, 2.45) is 12.5 Å². The minimum Gasteiger partial charge on any atom is -0.332 e. The summed E-state index contributed by atoms with van der Waals surface area (Å²) in [5, 5.41) is 7.17. The number of aryl methyl sites for hydroxylation is 1. The van der Waals surface area contributed by atoms with Crippen molar-refractivity contribution in [3.05, 3.63) is 18.0 Å². The first-order valence-electron chi connectivity index (χ1n) is 8.18. The molecule has 0 unspecified atom stereocenters. The quantitative estimate of drug-likeness (QED) is 0.910. The van der Waals surface area contributed by atoms with Gasteiger partial charge in [0.1, 0.15) is 0 Å². The molecule has 1 spiro atoms. The minimum absolute atomic E-state index is 0.0841. The van der Waals surface area contributed by atoms with E-state index in [1.807, 2.05) is 18.0 Å². The molecule has 1 aromatic heterocycles. The second-order valence-corrected chi connectivity index (χ2v) is 6.69. The maximum atomic E-state index is 12.4. The van der Waals surface area contributed by atoms with Gasteiger partial charge in [0, 0.05) is 26.3 Å². The first-order chi connectivity index (χ1) is 10.2. The lowest BCUT2D eigenvalue weighted by atomic mass is 9.69. The van der Waals surface area contributed by atoms with Crippen molar-refractivity contribution in [3.8, 4) is 0 Å². The summed E-state index contributed by atoms with van der Waals surface area (Å²) < 4.78 is 1.80. The topological polar surface area (TPSA) is 50.2 Å². The second-order valence-electron chi connectivity index (χ2n) is 6.69. The zero-order valence-corrected chi connectivity index (χ0v) is 13.0. The molecule has 2 heterocycles. The summed E-state index contributed by atoms with van der Waals surface area (Å²) in [6.45, 7) is 2.40. The molecule has 1 saturated carbocycles. The molecule has 1 N–H and O–H groups in total. The average Bonchev–Trinajstić information content (AvgIpc) is 2.91. The van der Waals surface area contributed by atoms with Gasteiger partial charge in [-0.1, -0.05) is 19.3 Å². The Morgan fingerprint density at radius 3 is 2.76 bits per heavy atom. The van der Waals surface area contributed by atoms with Crippen LogP contribution in [0.5, 0.6) is 0 Å². The highest BCUT2D eigenvalue weighted by molar-refractivity contribution is 5.74. The molecular weight excluding hydrogens is 264 g/mol. The molecule has 0 atom stereocenters. The highest BCUT2D eigenvalue weighted by atomic mass is 16.2. The molecule has 2 fully saturated rings. The normalized spacial score (nSPS) is 21.5. The summed E-state index contributed by atoms with van der Waals surface area (Å²) in [4.78, 5) is 14.4. The molecule has 21 heavy (non-hydrogen) atoms. The van der Waals surface area contributed by atoms with E-state index in [2.05, 4.69) is 10.4 Å². The monoisotopic (exact) mass is 290 g/mol. The van der Waals surface area contributed by atoms with Crippen molar-refractivity contribution in [3.63, 3.8) is 0 Å². The summed E-state index contributed by atoms with van der Waals surface area (Å²) in [6.07, 6.45) is 10.9. The van der Waals surface area contributed by atoms with Crippen LogP contribution >= 0.6 is 0 Å². The van der Waals surface area contributed by atoms with Crippen LogP contribution in [-0.2, 0) is 13.6 Å². The van der Waals surface area contributed by atoms with Gasteiger partial charge in [-0.25, -0.2) is 4.79 Å². The van der Waals surface area contributed by atoms with Gasteiger partial charge < -0.3 is 10.2 Å². The van der Waals surface area contributed by atoms with Gasteiger partial charge in [0.2, 0.25) is 0 Å². The Hall–Kier alpha value is -1.52. The fraction of sp³-hybridized carbons (Fsp3) is 0.750. The summed E-state index contributed by atoms with van der Waals surface area (Å²) in [5.74, 6) is 0. The number of nitrogens with zero attached hydrogens (tertiary/aromatic N) is 3. The fourth-order valence-corrected chi connectivity index (χ4v) is 3.94. The fourth-order valence-electron chi connectivity index (χ4n) is 3.94. The molecule has 2 amide bonds. The van der Waals surface area contributed by atoms with E-state index in [1.165, 1.54) is 38.5 Å². The maximum Gasteiger partial charge on any atom is 0.317 e. The molecule has 0 radical (unpaired) electrons. The van der Waals surface area contributed by atoms with Crippen molar-refractivity contribution < 1.29 is 4.79 Å².